The van der Waals surface area contributed by atoms with Crippen molar-refractivity contribution in [3.63, 3.8) is 0 Å². The summed E-state index contributed by atoms with van der Waals surface area (Å²) < 4.78 is 31.6. The van der Waals surface area contributed by atoms with E-state index < -0.39 is 22.7 Å². The van der Waals surface area contributed by atoms with Crippen LogP contribution in [0.1, 0.15) is 0 Å². The predicted octanol–water partition coefficient (Wildman–Crippen LogP) is -1.77. The Balaban J connectivity index is -0.0000000315. The fraction of sp³-hybridized carbons (Fsp3) is 0. The van der Waals surface area contributed by atoms with Crippen molar-refractivity contribution < 1.29 is 47.5 Å². The Morgan fingerprint density at radius 3 is 0.800 bits per heavy atom. The summed E-state index contributed by atoms with van der Waals surface area (Å²) in [4.78, 5) is 17.1. The summed E-state index contributed by atoms with van der Waals surface area (Å²) in [5.74, 6) is 0. The average Bonchev–Trinajstić information content (AvgIpc) is 1.50. The molecular weight excluding hydrogens is 263 g/mol. The van der Waals surface area contributed by atoms with Crippen molar-refractivity contribution in [2.24, 2.45) is 0 Å². The molecule has 0 aliphatic heterocycles. The van der Waals surface area contributed by atoms with Crippen LogP contribution in [0.4, 0.5) is 9.59 Å². The maximum atomic E-state index is 8.74. The monoisotopic (exact) mass is 272 g/mol. The zero-order valence-electron chi connectivity index (χ0n) is 5.72. The number of hydrogen-bond donors (Lipinski definition) is 6. The molecule has 0 aromatic rings. The fourth-order valence-corrected chi connectivity index (χ4v) is 0. The second-order valence-electron chi connectivity index (χ2n) is 1.01. The molecule has 0 saturated carbocycles. The van der Waals surface area contributed by atoms with Crippen molar-refractivity contribution >= 4 is 75.3 Å². The van der Waals surface area contributed by atoms with Crippen molar-refractivity contribution in [2.75, 3.05) is 0 Å². The van der Waals surface area contributed by atoms with Gasteiger partial charge in [0.15, 0.2) is 0 Å². The van der Waals surface area contributed by atoms with Gasteiger partial charge < -0.3 is 20.4 Å². The van der Waals surface area contributed by atoms with Crippen molar-refractivity contribution in [1.29, 1.82) is 0 Å². The summed E-state index contributed by atoms with van der Waals surface area (Å²) in [5.41, 5.74) is 0. The van der Waals surface area contributed by atoms with Crippen LogP contribution in [-0.2, 0) is 10.4 Å². The van der Waals surface area contributed by atoms with Gasteiger partial charge in [0.2, 0.25) is 0 Å². The molecule has 0 bridgehead atoms. The van der Waals surface area contributed by atoms with Gasteiger partial charge in [0.1, 0.15) is 0 Å². The first kappa shape index (κ1) is 29.5. The van der Waals surface area contributed by atoms with Crippen molar-refractivity contribution in [2.45, 2.75) is 0 Å². The third kappa shape index (κ3) is 67700. The van der Waals surface area contributed by atoms with Gasteiger partial charge in [-0.1, -0.05) is 0 Å². The maximum absolute atomic E-state index is 8.74. The first-order chi connectivity index (χ1) is 5.46. The first-order valence-electron chi connectivity index (χ1n) is 2.00. The van der Waals surface area contributed by atoms with Gasteiger partial charge in [-0.2, -0.15) is 8.42 Å². The Morgan fingerprint density at radius 2 is 0.800 bits per heavy atom. The van der Waals surface area contributed by atoms with Gasteiger partial charge in [-0.25, -0.2) is 9.59 Å². The number of carboxylic acid groups (broad SMARTS) is 4. The van der Waals surface area contributed by atoms with Crippen LogP contribution in [-0.4, -0.2) is 103 Å². The van der Waals surface area contributed by atoms with Crippen molar-refractivity contribution in [3.8, 4) is 0 Å². The van der Waals surface area contributed by atoms with Gasteiger partial charge >= 0.3 is 75.3 Å². The molecule has 86 valence electrons. The quantitative estimate of drug-likeness (QED) is 0.217. The standard InChI is InChI=1S/2CH2O3.Mg.Na.H2O4S.3H/c2*2-1(3)4;;;1-5(2,3)4;;;/h2*(H2,2,3,4);;;(H2,1,2,3,4);;;. The van der Waals surface area contributed by atoms with Crippen LogP contribution in [0.5, 0.6) is 0 Å². The van der Waals surface area contributed by atoms with E-state index in [1.54, 1.807) is 0 Å². The summed E-state index contributed by atoms with van der Waals surface area (Å²) in [6.07, 6.45) is -3.67. The molecule has 6 N–H and O–H groups in total. The first-order valence-corrected chi connectivity index (χ1v) is 3.40. The molecule has 0 amide bonds. The molecule has 0 atom stereocenters. The SMILES string of the molecule is O=C(O)O.O=C(O)O.O=S(=O)(O)O.[MgH2].[NaH]. The van der Waals surface area contributed by atoms with E-state index in [0.717, 1.165) is 0 Å². The van der Waals surface area contributed by atoms with E-state index >= 15 is 0 Å². The minimum absolute atomic E-state index is 0. The second kappa shape index (κ2) is 16.6. The van der Waals surface area contributed by atoms with Crippen LogP contribution < -0.4 is 0 Å². The molecule has 15 heavy (non-hydrogen) atoms. The molecule has 0 radical (unpaired) electrons. The van der Waals surface area contributed by atoms with Crippen molar-refractivity contribution in [1.82, 2.24) is 0 Å². The zero-order chi connectivity index (χ0) is 11.7. The van der Waals surface area contributed by atoms with Crippen LogP contribution in [0, 0.1) is 0 Å². The van der Waals surface area contributed by atoms with Gasteiger partial charge in [-0.05, 0) is 0 Å². The molecule has 0 heterocycles. The fourth-order valence-electron chi connectivity index (χ4n) is 0. The summed E-state index contributed by atoms with van der Waals surface area (Å²) in [5, 5.41) is 27.9. The van der Waals surface area contributed by atoms with E-state index in [1.807, 2.05) is 0 Å². The summed E-state index contributed by atoms with van der Waals surface area (Å²) in [6.45, 7) is 0. The molecule has 0 rings (SSSR count). The van der Waals surface area contributed by atoms with Crippen LogP contribution >= 0.6 is 0 Å². The molecule has 0 saturated heterocycles. The molecule has 0 spiro atoms. The number of hydrogen-bond acceptors (Lipinski definition) is 4. The van der Waals surface area contributed by atoms with Gasteiger partial charge in [-0.15, -0.1) is 0 Å². The third-order valence-corrected chi connectivity index (χ3v) is 0. The molecule has 13 heteroatoms. The second-order valence-corrected chi connectivity index (χ2v) is 1.91. The molecule has 0 fully saturated rings. The molecule has 0 aromatic heterocycles. The van der Waals surface area contributed by atoms with E-state index in [0.29, 0.717) is 0 Å². The summed E-state index contributed by atoms with van der Waals surface area (Å²) in [6, 6.07) is 0. The van der Waals surface area contributed by atoms with Gasteiger partial charge in [0.05, 0.1) is 0 Å². The van der Waals surface area contributed by atoms with E-state index in [1.165, 1.54) is 0 Å². The van der Waals surface area contributed by atoms with E-state index in [9.17, 15) is 0 Å². The molecule has 0 aliphatic rings. The zero-order valence-corrected chi connectivity index (χ0v) is 6.54. The van der Waals surface area contributed by atoms with Crippen LogP contribution in [0.25, 0.3) is 0 Å². The van der Waals surface area contributed by atoms with Crippen LogP contribution in [0.2, 0.25) is 0 Å². The van der Waals surface area contributed by atoms with E-state index in [-0.39, 0.29) is 52.6 Å². The Morgan fingerprint density at radius 1 is 0.800 bits per heavy atom. The Kier molecular flexibility index (Phi) is 32.6. The topological polar surface area (TPSA) is 190 Å². The van der Waals surface area contributed by atoms with Crippen molar-refractivity contribution in [3.05, 3.63) is 0 Å². The van der Waals surface area contributed by atoms with E-state index in [4.69, 9.17) is 47.5 Å². The van der Waals surface area contributed by atoms with Crippen LogP contribution in [0.15, 0.2) is 0 Å². The summed E-state index contributed by atoms with van der Waals surface area (Å²) >= 11 is 0. The normalized spacial score (nSPS) is 7.07. The van der Waals surface area contributed by atoms with Crippen LogP contribution in [0.3, 0.4) is 0 Å². The van der Waals surface area contributed by atoms with Gasteiger partial charge in [-0.3, -0.25) is 9.11 Å². The predicted molar refractivity (Wildman–Crippen MR) is 51.2 cm³/mol. The molecular formula is C2H9MgNaO10S. The Hall–Kier alpha value is 0.176. The third-order valence-electron chi connectivity index (χ3n) is 0. The molecule has 0 aromatic carbocycles. The molecule has 10 nitrogen and oxygen atoms in total. The summed E-state index contributed by atoms with van der Waals surface area (Å²) in [7, 11) is -4.67. The molecule has 0 aliphatic carbocycles. The number of carbonyl (C=O) groups is 2. The average molecular weight is 272 g/mol. The Labute approximate surface area is 122 Å². The Bertz CT molecular complexity index is 218. The van der Waals surface area contributed by atoms with E-state index in [2.05, 4.69) is 0 Å². The number of rotatable bonds is 0. The minimum atomic E-state index is -4.67. The van der Waals surface area contributed by atoms with Gasteiger partial charge in [0, 0.05) is 0 Å². The van der Waals surface area contributed by atoms with Gasteiger partial charge in [0.25, 0.3) is 0 Å². The molecule has 0 unspecified atom stereocenters.